The van der Waals surface area contributed by atoms with Crippen LogP contribution in [0.1, 0.15) is 49.5 Å². The highest BCUT2D eigenvalue weighted by atomic mass is 16.1. The van der Waals surface area contributed by atoms with Gasteiger partial charge in [-0.1, -0.05) is 19.1 Å². The van der Waals surface area contributed by atoms with E-state index in [1.165, 1.54) is 18.4 Å². The van der Waals surface area contributed by atoms with Crippen LogP contribution in [0.25, 0.3) is 0 Å². The summed E-state index contributed by atoms with van der Waals surface area (Å²) in [6.07, 6.45) is 4.19. The lowest BCUT2D eigenvalue weighted by atomic mass is 10.1. The molecule has 1 N–H and O–H groups in total. The van der Waals surface area contributed by atoms with Gasteiger partial charge in [0, 0.05) is 31.2 Å². The molecule has 0 radical (unpaired) electrons. The van der Waals surface area contributed by atoms with Crippen LogP contribution in [-0.4, -0.2) is 41.5 Å². The highest BCUT2D eigenvalue weighted by Crippen LogP contribution is 2.19. The summed E-state index contributed by atoms with van der Waals surface area (Å²) in [6, 6.07) is 12.3. The van der Waals surface area contributed by atoms with E-state index in [1.54, 1.807) is 6.20 Å². The molecule has 3 rings (SSSR count). The van der Waals surface area contributed by atoms with Gasteiger partial charge >= 0.3 is 0 Å². The molecule has 1 aromatic heterocycles. The van der Waals surface area contributed by atoms with Gasteiger partial charge in [-0.05, 0) is 63.1 Å². The van der Waals surface area contributed by atoms with Crippen LogP contribution in [0.15, 0.2) is 42.6 Å². The van der Waals surface area contributed by atoms with E-state index < -0.39 is 0 Å². The van der Waals surface area contributed by atoms with Gasteiger partial charge in [-0.25, -0.2) is 4.98 Å². The smallest absolute Gasteiger partial charge is 0.255 e. The van der Waals surface area contributed by atoms with Crippen LogP contribution in [0.3, 0.4) is 0 Å². The van der Waals surface area contributed by atoms with E-state index in [0.717, 1.165) is 37.7 Å². The van der Waals surface area contributed by atoms with Gasteiger partial charge in [-0.3, -0.25) is 9.69 Å². The van der Waals surface area contributed by atoms with Crippen molar-refractivity contribution in [2.75, 3.05) is 29.9 Å². The maximum atomic E-state index is 12.5. The van der Waals surface area contributed by atoms with Crippen molar-refractivity contribution in [2.24, 2.45) is 0 Å². The van der Waals surface area contributed by atoms with Gasteiger partial charge in [0.1, 0.15) is 5.82 Å². The van der Waals surface area contributed by atoms with Gasteiger partial charge in [0.05, 0.1) is 11.9 Å². The quantitative estimate of drug-likeness (QED) is 0.799. The predicted molar refractivity (Wildman–Crippen MR) is 111 cm³/mol. The van der Waals surface area contributed by atoms with Crippen LogP contribution >= 0.6 is 0 Å². The van der Waals surface area contributed by atoms with Gasteiger partial charge in [-0.2, -0.15) is 0 Å². The van der Waals surface area contributed by atoms with Crippen molar-refractivity contribution in [1.82, 2.24) is 9.88 Å². The molecule has 1 aliphatic rings. The number of benzene rings is 1. The van der Waals surface area contributed by atoms with E-state index in [9.17, 15) is 4.79 Å². The molecule has 1 amide bonds. The van der Waals surface area contributed by atoms with Gasteiger partial charge in [-0.15, -0.1) is 0 Å². The molecule has 1 aliphatic heterocycles. The van der Waals surface area contributed by atoms with Crippen molar-refractivity contribution in [2.45, 2.75) is 46.2 Å². The third-order valence-corrected chi connectivity index (χ3v) is 5.17. The molecule has 144 valence electrons. The molecule has 2 aromatic rings. The minimum Gasteiger partial charge on any atom is -0.357 e. The van der Waals surface area contributed by atoms with Crippen LogP contribution in [0, 0.1) is 0 Å². The predicted octanol–water partition coefficient (Wildman–Crippen LogP) is 4.16. The van der Waals surface area contributed by atoms with E-state index in [2.05, 4.69) is 40.9 Å². The van der Waals surface area contributed by atoms with Crippen LogP contribution in [0.5, 0.6) is 0 Å². The summed E-state index contributed by atoms with van der Waals surface area (Å²) < 4.78 is 0. The van der Waals surface area contributed by atoms with Crippen molar-refractivity contribution < 1.29 is 4.79 Å². The second kappa shape index (κ2) is 9.00. The highest BCUT2D eigenvalue weighted by molar-refractivity contribution is 6.04. The number of rotatable bonds is 7. The number of carbonyl (C=O) groups is 1. The average Bonchev–Trinajstić information content (AvgIpc) is 3.21. The van der Waals surface area contributed by atoms with Crippen molar-refractivity contribution in [3.05, 3.63) is 53.7 Å². The minimum atomic E-state index is -0.103. The fourth-order valence-electron chi connectivity index (χ4n) is 3.45. The van der Waals surface area contributed by atoms with Gasteiger partial charge in [0.25, 0.3) is 5.91 Å². The molecule has 0 aliphatic carbocycles. The lowest BCUT2D eigenvalue weighted by molar-refractivity contribution is 0.102. The molecule has 0 atom stereocenters. The van der Waals surface area contributed by atoms with E-state index in [4.69, 9.17) is 0 Å². The van der Waals surface area contributed by atoms with Crippen LogP contribution in [0.4, 0.5) is 11.5 Å². The molecule has 1 fully saturated rings. The fourth-order valence-corrected chi connectivity index (χ4v) is 3.45. The van der Waals surface area contributed by atoms with Crippen molar-refractivity contribution in [1.29, 1.82) is 0 Å². The van der Waals surface area contributed by atoms with Crippen LogP contribution in [0.2, 0.25) is 0 Å². The van der Waals surface area contributed by atoms with E-state index in [-0.39, 0.29) is 5.91 Å². The summed E-state index contributed by atoms with van der Waals surface area (Å²) in [6.45, 7) is 10.6. The number of anilines is 2. The summed E-state index contributed by atoms with van der Waals surface area (Å²) in [5.74, 6) is 0.883. The number of hydrogen-bond acceptors (Lipinski definition) is 4. The van der Waals surface area contributed by atoms with E-state index in [1.807, 2.05) is 36.4 Å². The monoisotopic (exact) mass is 366 g/mol. The second-order valence-corrected chi connectivity index (χ2v) is 7.41. The molecule has 5 nitrogen and oxygen atoms in total. The molecule has 0 spiro atoms. The number of nitrogens with zero attached hydrogens (tertiary/aromatic N) is 3. The van der Waals surface area contributed by atoms with Crippen LogP contribution in [-0.2, 0) is 6.54 Å². The Kier molecular flexibility index (Phi) is 6.45. The first-order chi connectivity index (χ1) is 13.1. The number of amides is 1. The van der Waals surface area contributed by atoms with Crippen molar-refractivity contribution >= 4 is 17.4 Å². The maximum absolute atomic E-state index is 12.5. The van der Waals surface area contributed by atoms with Crippen molar-refractivity contribution in [3.8, 4) is 0 Å². The Bertz CT molecular complexity index is 734. The zero-order chi connectivity index (χ0) is 19.2. The SMILES string of the molecule is CCN(Cc1ccc(C(=O)Nc2ccc(N3CCCC3)nc2)cc1)C(C)C. The average molecular weight is 367 g/mol. The third kappa shape index (κ3) is 5.07. The molecular formula is C22H30N4O. The lowest BCUT2D eigenvalue weighted by Crippen LogP contribution is -2.29. The molecule has 2 heterocycles. The van der Waals surface area contributed by atoms with Crippen molar-refractivity contribution in [3.63, 3.8) is 0 Å². The number of nitrogens with one attached hydrogen (secondary N) is 1. The molecule has 27 heavy (non-hydrogen) atoms. The summed E-state index contributed by atoms with van der Waals surface area (Å²) in [4.78, 5) is 21.6. The zero-order valence-corrected chi connectivity index (χ0v) is 16.6. The Labute approximate surface area is 162 Å². The Morgan fingerprint density at radius 1 is 1.15 bits per heavy atom. The highest BCUT2D eigenvalue weighted by Gasteiger charge is 2.14. The summed E-state index contributed by atoms with van der Waals surface area (Å²) in [7, 11) is 0. The molecule has 5 heteroatoms. The number of carbonyl (C=O) groups excluding carboxylic acids is 1. The van der Waals surface area contributed by atoms with E-state index >= 15 is 0 Å². The molecule has 1 aromatic carbocycles. The molecular weight excluding hydrogens is 336 g/mol. The second-order valence-electron chi connectivity index (χ2n) is 7.41. The molecule has 1 saturated heterocycles. The topological polar surface area (TPSA) is 48.5 Å². The number of pyridine rings is 1. The summed E-state index contributed by atoms with van der Waals surface area (Å²) >= 11 is 0. The maximum Gasteiger partial charge on any atom is 0.255 e. The first-order valence-electron chi connectivity index (χ1n) is 9.92. The first-order valence-corrected chi connectivity index (χ1v) is 9.92. The molecule has 0 bridgehead atoms. The summed E-state index contributed by atoms with van der Waals surface area (Å²) in [5, 5.41) is 2.94. The number of hydrogen-bond donors (Lipinski definition) is 1. The third-order valence-electron chi connectivity index (χ3n) is 5.17. The first kappa shape index (κ1) is 19.4. The standard InChI is InChI=1S/C22H30N4O/c1-4-25(17(2)3)16-18-7-9-19(10-8-18)22(27)24-20-11-12-21(23-15-20)26-13-5-6-14-26/h7-12,15,17H,4-6,13-14,16H2,1-3H3,(H,24,27). The Balaban J connectivity index is 1.59. The Morgan fingerprint density at radius 3 is 2.41 bits per heavy atom. The lowest BCUT2D eigenvalue weighted by Gasteiger charge is -2.24. The largest absolute Gasteiger partial charge is 0.357 e. The summed E-state index contributed by atoms with van der Waals surface area (Å²) in [5.41, 5.74) is 2.61. The molecule has 0 saturated carbocycles. The number of aromatic nitrogens is 1. The Hall–Kier alpha value is -2.40. The Morgan fingerprint density at radius 2 is 1.85 bits per heavy atom. The van der Waals surface area contributed by atoms with Gasteiger partial charge in [0.15, 0.2) is 0 Å². The molecule has 0 unspecified atom stereocenters. The minimum absolute atomic E-state index is 0.103. The van der Waals surface area contributed by atoms with Crippen LogP contribution < -0.4 is 10.2 Å². The zero-order valence-electron chi connectivity index (χ0n) is 16.6. The van der Waals surface area contributed by atoms with Gasteiger partial charge in [0.2, 0.25) is 0 Å². The van der Waals surface area contributed by atoms with Gasteiger partial charge < -0.3 is 10.2 Å². The van der Waals surface area contributed by atoms with E-state index in [0.29, 0.717) is 11.6 Å². The normalized spacial score (nSPS) is 14.2. The fraction of sp³-hybridized carbons (Fsp3) is 0.455.